The van der Waals surface area contributed by atoms with E-state index in [9.17, 15) is 25.1 Å². The Balaban J connectivity index is 3.33. The molecule has 0 unspecified atom stereocenters. The number of aromatic hydroxyl groups is 2. The molecular weight excluding hydrogens is 206 g/mol. The van der Waals surface area contributed by atoms with Crippen LogP contribution >= 0.6 is 0 Å². The summed E-state index contributed by atoms with van der Waals surface area (Å²) in [5, 5.41) is 28.8. The summed E-state index contributed by atoms with van der Waals surface area (Å²) in [6, 6.07) is 1.90. The average Bonchev–Trinajstić information content (AvgIpc) is 2.20. The third kappa shape index (κ3) is 1.80. The minimum Gasteiger partial charge on any atom is -0.503 e. The highest BCUT2D eigenvalue weighted by molar-refractivity contribution is 5.94. The molecule has 80 valence electrons. The molecule has 1 rings (SSSR count). The molecule has 0 aliphatic rings. The van der Waals surface area contributed by atoms with Crippen molar-refractivity contribution in [2.24, 2.45) is 0 Å². The zero-order valence-electron chi connectivity index (χ0n) is 7.63. The van der Waals surface area contributed by atoms with E-state index in [1.807, 2.05) is 0 Å². The quantitative estimate of drug-likeness (QED) is 0.325. The Bertz CT molecular complexity index is 427. The number of nitro groups is 1. The number of nitrogens with zero attached hydrogens (tertiary/aromatic N) is 1. The first-order chi connectivity index (χ1) is 6.99. The summed E-state index contributed by atoms with van der Waals surface area (Å²) >= 11 is 0. The van der Waals surface area contributed by atoms with E-state index in [0.29, 0.717) is 0 Å². The lowest BCUT2D eigenvalue weighted by molar-refractivity contribution is -0.386. The van der Waals surface area contributed by atoms with Gasteiger partial charge in [0.05, 0.1) is 12.0 Å². The third-order valence-corrected chi connectivity index (χ3v) is 1.73. The number of esters is 1. The molecule has 0 aliphatic heterocycles. The highest BCUT2D eigenvalue weighted by Crippen LogP contribution is 2.37. The van der Waals surface area contributed by atoms with Gasteiger partial charge in [-0.05, 0) is 6.07 Å². The van der Waals surface area contributed by atoms with E-state index in [4.69, 9.17) is 0 Å². The number of methoxy groups -OCH3 is 1. The summed E-state index contributed by atoms with van der Waals surface area (Å²) in [5.74, 6) is -2.71. The second-order valence-corrected chi connectivity index (χ2v) is 2.58. The van der Waals surface area contributed by atoms with Gasteiger partial charge in [0.15, 0.2) is 5.75 Å². The predicted octanol–water partition coefficient (Wildman–Crippen LogP) is 0.793. The first-order valence-corrected chi connectivity index (χ1v) is 3.76. The summed E-state index contributed by atoms with van der Waals surface area (Å²) in [5.41, 5.74) is -1.01. The average molecular weight is 213 g/mol. The molecule has 1 aromatic rings. The molecule has 0 spiro atoms. The van der Waals surface area contributed by atoms with Gasteiger partial charge in [-0.15, -0.1) is 0 Å². The number of carbonyl (C=O) groups is 1. The summed E-state index contributed by atoms with van der Waals surface area (Å²) in [4.78, 5) is 20.5. The molecule has 0 aliphatic carbocycles. The Hall–Kier alpha value is -2.31. The van der Waals surface area contributed by atoms with Gasteiger partial charge >= 0.3 is 11.7 Å². The van der Waals surface area contributed by atoms with E-state index in [0.717, 1.165) is 19.2 Å². The maximum atomic E-state index is 11.0. The lowest BCUT2D eigenvalue weighted by Gasteiger charge is -2.04. The SMILES string of the molecule is COC(=O)c1ccc([N+](=O)[O-])c(O)c1O. The third-order valence-electron chi connectivity index (χ3n) is 1.73. The van der Waals surface area contributed by atoms with Crippen molar-refractivity contribution in [1.29, 1.82) is 0 Å². The van der Waals surface area contributed by atoms with Crippen LogP contribution in [0.1, 0.15) is 10.4 Å². The fraction of sp³-hybridized carbons (Fsp3) is 0.125. The number of carbonyl (C=O) groups excluding carboxylic acids is 1. The monoisotopic (exact) mass is 213 g/mol. The van der Waals surface area contributed by atoms with E-state index in [1.165, 1.54) is 0 Å². The first-order valence-electron chi connectivity index (χ1n) is 3.76. The van der Waals surface area contributed by atoms with Gasteiger partial charge in [-0.1, -0.05) is 0 Å². The number of hydrogen-bond donors (Lipinski definition) is 2. The maximum absolute atomic E-state index is 11.0. The Morgan fingerprint density at radius 3 is 2.47 bits per heavy atom. The minimum absolute atomic E-state index is 0.333. The van der Waals surface area contributed by atoms with E-state index in [1.54, 1.807) is 0 Å². The lowest BCUT2D eigenvalue weighted by atomic mass is 10.1. The Labute approximate surface area is 83.7 Å². The van der Waals surface area contributed by atoms with Gasteiger partial charge in [-0.2, -0.15) is 0 Å². The minimum atomic E-state index is -0.956. The van der Waals surface area contributed by atoms with Crippen LogP contribution in [0, 0.1) is 10.1 Å². The van der Waals surface area contributed by atoms with Crippen LogP contribution in [-0.2, 0) is 4.74 Å². The topological polar surface area (TPSA) is 110 Å². The molecule has 0 fully saturated rings. The first kappa shape index (κ1) is 10.8. The van der Waals surface area contributed by atoms with Crippen molar-refractivity contribution < 1.29 is 24.7 Å². The normalized spacial score (nSPS) is 9.67. The molecule has 0 aromatic heterocycles. The van der Waals surface area contributed by atoms with Crippen molar-refractivity contribution in [3.63, 3.8) is 0 Å². The van der Waals surface area contributed by atoms with Crippen LogP contribution in [0.4, 0.5) is 5.69 Å². The van der Waals surface area contributed by atoms with Gasteiger partial charge in [-0.3, -0.25) is 10.1 Å². The number of rotatable bonds is 2. The molecule has 15 heavy (non-hydrogen) atoms. The van der Waals surface area contributed by atoms with Gasteiger partial charge in [0.1, 0.15) is 5.56 Å². The number of benzene rings is 1. The second-order valence-electron chi connectivity index (χ2n) is 2.58. The fourth-order valence-electron chi connectivity index (χ4n) is 0.991. The van der Waals surface area contributed by atoms with Crippen molar-refractivity contribution in [3.8, 4) is 11.5 Å². The number of hydrogen-bond acceptors (Lipinski definition) is 6. The van der Waals surface area contributed by atoms with Gasteiger partial charge in [0.2, 0.25) is 5.75 Å². The zero-order valence-corrected chi connectivity index (χ0v) is 7.63. The molecular formula is C8H7NO6. The highest BCUT2D eigenvalue weighted by Gasteiger charge is 2.23. The fourth-order valence-corrected chi connectivity index (χ4v) is 0.991. The van der Waals surface area contributed by atoms with Gasteiger partial charge < -0.3 is 14.9 Å². The van der Waals surface area contributed by atoms with Crippen molar-refractivity contribution in [2.75, 3.05) is 7.11 Å². The van der Waals surface area contributed by atoms with Gasteiger partial charge in [0, 0.05) is 6.07 Å². The largest absolute Gasteiger partial charge is 0.503 e. The molecule has 0 radical (unpaired) electrons. The summed E-state index contributed by atoms with van der Waals surface area (Å²) in [7, 11) is 1.08. The Kier molecular flexibility index (Phi) is 2.75. The summed E-state index contributed by atoms with van der Waals surface area (Å²) in [6.45, 7) is 0. The Morgan fingerprint density at radius 1 is 1.40 bits per heavy atom. The van der Waals surface area contributed by atoms with Crippen molar-refractivity contribution in [3.05, 3.63) is 27.8 Å². The van der Waals surface area contributed by atoms with Crippen molar-refractivity contribution in [2.45, 2.75) is 0 Å². The molecule has 0 bridgehead atoms. The van der Waals surface area contributed by atoms with E-state index in [2.05, 4.69) is 4.74 Å². The lowest BCUT2D eigenvalue weighted by Crippen LogP contribution is -2.02. The van der Waals surface area contributed by atoms with Crippen LogP contribution in [0.5, 0.6) is 11.5 Å². The molecule has 0 saturated carbocycles. The van der Waals surface area contributed by atoms with Gasteiger partial charge in [0.25, 0.3) is 0 Å². The van der Waals surface area contributed by atoms with Crippen LogP contribution in [0.2, 0.25) is 0 Å². The van der Waals surface area contributed by atoms with E-state index >= 15 is 0 Å². The van der Waals surface area contributed by atoms with Crippen LogP contribution in [0.25, 0.3) is 0 Å². The van der Waals surface area contributed by atoms with Crippen molar-refractivity contribution in [1.82, 2.24) is 0 Å². The number of nitro benzene ring substituents is 1. The standard InChI is InChI=1S/C8H7NO6/c1-15-8(12)4-2-3-5(9(13)14)7(11)6(4)10/h2-3,10-11H,1H3. The molecule has 7 nitrogen and oxygen atoms in total. The second kappa shape index (κ2) is 3.82. The predicted molar refractivity (Wildman–Crippen MR) is 47.8 cm³/mol. The summed E-state index contributed by atoms with van der Waals surface area (Å²) < 4.78 is 4.29. The number of phenolic OH excluding ortho intramolecular Hbond substituents is 2. The molecule has 7 heteroatoms. The van der Waals surface area contributed by atoms with E-state index < -0.39 is 28.1 Å². The summed E-state index contributed by atoms with van der Waals surface area (Å²) in [6.07, 6.45) is 0. The molecule has 2 N–H and O–H groups in total. The molecule has 0 amide bonds. The molecule has 0 heterocycles. The van der Waals surface area contributed by atoms with Crippen LogP contribution in [0.15, 0.2) is 12.1 Å². The molecule has 0 saturated heterocycles. The number of ether oxygens (including phenoxy) is 1. The molecule has 0 atom stereocenters. The molecule has 1 aromatic carbocycles. The van der Waals surface area contributed by atoms with Crippen LogP contribution in [-0.4, -0.2) is 28.2 Å². The van der Waals surface area contributed by atoms with Crippen LogP contribution in [0.3, 0.4) is 0 Å². The van der Waals surface area contributed by atoms with Crippen molar-refractivity contribution >= 4 is 11.7 Å². The maximum Gasteiger partial charge on any atom is 0.341 e. The number of phenols is 2. The Morgan fingerprint density at radius 2 is 2.00 bits per heavy atom. The van der Waals surface area contributed by atoms with E-state index in [-0.39, 0.29) is 5.56 Å². The smallest absolute Gasteiger partial charge is 0.341 e. The van der Waals surface area contributed by atoms with Crippen LogP contribution < -0.4 is 0 Å². The highest BCUT2D eigenvalue weighted by atomic mass is 16.6. The zero-order chi connectivity index (χ0) is 11.6. The van der Waals surface area contributed by atoms with Gasteiger partial charge in [-0.25, -0.2) is 4.79 Å².